The topological polar surface area (TPSA) is 344 Å². The molecule has 41 heteroatoms. The summed E-state index contributed by atoms with van der Waals surface area (Å²) >= 11 is 0. The number of carbonyl (C=O) groups excluding carboxylic acids is 5. The van der Waals surface area contributed by atoms with Crippen LogP contribution in [0.5, 0.6) is 0 Å². The Bertz CT molecular complexity index is 5790. The van der Waals surface area contributed by atoms with Gasteiger partial charge in [0.2, 0.25) is 0 Å². The van der Waals surface area contributed by atoms with Crippen LogP contribution >= 0.6 is 0 Å². The third-order valence-electron chi connectivity index (χ3n) is 22.9. The maximum atomic E-state index is 12.8. The Labute approximate surface area is 863 Å². The molecule has 26 nitrogen and oxygen atoms in total. The summed E-state index contributed by atoms with van der Waals surface area (Å²) < 4.78 is 206. The summed E-state index contributed by atoms with van der Waals surface area (Å²) in [4.78, 5) is 84.9. The van der Waals surface area contributed by atoms with Crippen LogP contribution < -0.4 is 63.0 Å². The van der Waals surface area contributed by atoms with Crippen molar-refractivity contribution in [3.05, 3.63) is 246 Å². The van der Waals surface area contributed by atoms with E-state index in [1.54, 1.807) is 126 Å². The van der Waals surface area contributed by atoms with Crippen LogP contribution in [-0.2, 0) is 23.7 Å². The van der Waals surface area contributed by atoms with Gasteiger partial charge in [0, 0.05) is 131 Å². The molecule has 5 aliphatic heterocycles. The molecule has 0 aromatic heterocycles. The Morgan fingerprint density at radius 2 is 0.780 bits per heavy atom. The summed E-state index contributed by atoms with van der Waals surface area (Å²) in [5, 5.41) is 27.4. The number of anilines is 9. The number of aliphatic hydroxyl groups excluding tert-OH is 1. The number of alkyl halides is 15. The van der Waals surface area contributed by atoms with Gasteiger partial charge < -0.3 is 91.5 Å². The fourth-order valence-corrected chi connectivity index (χ4v) is 15.7. The van der Waals surface area contributed by atoms with Gasteiger partial charge in [-0.05, 0) is 302 Å². The molecule has 1 unspecified atom stereocenters. The summed E-state index contributed by atoms with van der Waals surface area (Å²) in [5.74, 6) is -2.31. The maximum Gasteiger partial charge on any atom is 0.439 e. The molecule has 2 amide bonds. The van der Waals surface area contributed by atoms with Crippen LogP contribution in [0.4, 0.5) is 122 Å². The van der Waals surface area contributed by atoms with Crippen LogP contribution in [0.3, 0.4) is 0 Å². The van der Waals surface area contributed by atoms with Gasteiger partial charge in [0.05, 0.1) is 64.1 Å². The van der Waals surface area contributed by atoms with Gasteiger partial charge in [0.1, 0.15) is 28.6 Å². The highest BCUT2D eigenvalue weighted by Gasteiger charge is 2.40. The molecule has 0 saturated carbocycles. The summed E-state index contributed by atoms with van der Waals surface area (Å²) in [5.41, 5.74) is 28.7. The van der Waals surface area contributed by atoms with E-state index in [1.165, 1.54) is 19.1 Å². The maximum absolute atomic E-state index is 12.8. The van der Waals surface area contributed by atoms with Crippen molar-refractivity contribution in [1.82, 2.24) is 10.6 Å². The zero-order valence-corrected chi connectivity index (χ0v) is 85.9. The zero-order chi connectivity index (χ0) is 111. The molecular weight excluding hydrogens is 1980 g/mol. The van der Waals surface area contributed by atoms with Gasteiger partial charge in [-0.15, -0.1) is 0 Å². The first-order chi connectivity index (χ1) is 69.9. The number of esters is 3. The standard InChI is InChI=1S/C26H26F3N3O.C17H23F3N2O2.C17H21F3N2O2.C17H20N2O2.C15H22N2O2.C13H15F3N2O2.C4H7F3O2/c27-26(28,29)14-12-18-13-15-32(17-18)22-9-6-20(7-10-22)25(33)31-24-16-21(8-11-23(24)30)19-4-2-1-3-5-19;2*1-16(2,3)24-15(23)12-4-6-14(7-5-12)22-9-8-13(10-22)21-11-17(18,19)20;1-17(2,3)21-16(20)19-15-10-9-13(11-14(15)18)12-7-5-4-6-8-12;1-15(2,3)19-14(18)11-4-6-13(7-5-11)17-9-8-12(16)10-17;14-13(15,16)8-17-10-5-6-18(7-10)11-3-1-9(2-4-11)12(19)20;1-2-9-3(8)4(5,6)7/h1-11,16,18H,12-15,17,30H2,(H,31,33);4-7,13,21H,8-11H2,1-3H3;4-7,11,13H,8-10H2,1-3H3;4-11H,18H2,1-3H3,(H,19,20);4-7,12H,8-10,16H2,1-3H3;1-4,10,17H,5-8H2,(H,19,20);3,8H,2H2,1H3/t18-;2*13-;;12-;10-;/m000.00./s1. The van der Waals surface area contributed by atoms with E-state index < -0.39 is 97.1 Å². The summed E-state index contributed by atoms with van der Waals surface area (Å²) in [6, 6.07) is 65.1. The SMILES string of the molecule is CC(C)(C)OC(=O)Nc1ccc(-c2ccccc2)cc1N.CC(C)(C)OC(=O)c1ccc(N2CC[C@H](N)C2)cc1.CC(C)(C)OC(=O)c1ccc(N2CC[C@H](N=CC(F)(F)F)C2)cc1.CC(C)(C)OC(=O)c1ccc(N2CC[C@H](NCC(F)(F)F)C2)cc1.CCOC(O)C(F)(F)F.Nc1ccc(-c2ccccc2)cc1NC(=O)c1ccc(N2CC[C@H](CCC(F)(F)F)C2)cc1.O=C(O)c1ccc(N2CC[C@H](NCC(F)(F)F)C2)cc1. The molecule has 6 atom stereocenters. The number of hydrogen-bond acceptors (Lipinski definition) is 23. The lowest BCUT2D eigenvalue weighted by molar-refractivity contribution is -0.292. The fourth-order valence-electron chi connectivity index (χ4n) is 15.7. The van der Waals surface area contributed by atoms with Crippen molar-refractivity contribution < 1.29 is 129 Å². The second-order valence-corrected chi connectivity index (χ2v) is 40.1. The Hall–Kier alpha value is -13.4. The first-order valence-corrected chi connectivity index (χ1v) is 48.7. The van der Waals surface area contributed by atoms with Crippen LogP contribution in [-0.4, -0.2) is 221 Å². The van der Waals surface area contributed by atoms with Gasteiger partial charge in [0.15, 0.2) is 0 Å². The van der Waals surface area contributed by atoms with Crippen LogP contribution in [0.15, 0.2) is 223 Å². The number of ether oxygens (including phenoxy) is 5. The molecule has 150 heavy (non-hydrogen) atoms. The lowest BCUT2D eigenvalue weighted by Gasteiger charge is -2.21. The first-order valence-electron chi connectivity index (χ1n) is 48.7. The Morgan fingerprint density at radius 1 is 0.407 bits per heavy atom. The number of benzene rings is 9. The van der Waals surface area contributed by atoms with E-state index >= 15 is 0 Å². The molecule has 0 aliphatic carbocycles. The Balaban J connectivity index is 0.000000217. The average Bonchev–Trinajstić information content (AvgIpc) is 1.19. The van der Waals surface area contributed by atoms with E-state index in [9.17, 15) is 94.6 Å². The molecule has 818 valence electrons. The van der Waals surface area contributed by atoms with Crippen LogP contribution in [0.25, 0.3) is 22.3 Å². The van der Waals surface area contributed by atoms with Crippen LogP contribution in [0.2, 0.25) is 0 Å². The number of nitrogens with one attached hydrogen (secondary N) is 4. The highest BCUT2D eigenvalue weighted by atomic mass is 19.4. The second kappa shape index (κ2) is 54.4. The smallest absolute Gasteiger partial charge is 0.439 e. The third-order valence-corrected chi connectivity index (χ3v) is 22.9. The van der Waals surface area contributed by atoms with Gasteiger partial charge in [-0.3, -0.25) is 15.1 Å². The van der Waals surface area contributed by atoms with E-state index in [-0.39, 0.29) is 72.7 Å². The van der Waals surface area contributed by atoms with Crippen molar-refractivity contribution in [2.24, 2.45) is 16.6 Å². The molecule has 0 bridgehead atoms. The molecule has 5 heterocycles. The predicted molar refractivity (Wildman–Crippen MR) is 554 cm³/mol. The number of rotatable bonds is 23. The molecular formula is C109H134F15N13O13. The number of carboxylic acid groups (broad SMARTS) is 1. The normalized spacial score (nSPS) is 17.1. The zero-order valence-electron chi connectivity index (χ0n) is 85.9. The van der Waals surface area contributed by atoms with Gasteiger partial charge in [-0.1, -0.05) is 72.8 Å². The van der Waals surface area contributed by atoms with Crippen LogP contribution in [0.1, 0.15) is 187 Å². The average molecular weight is 2120 g/mol. The number of carbonyl (C=O) groups is 6. The van der Waals surface area contributed by atoms with Crippen molar-refractivity contribution in [3.8, 4) is 22.3 Å². The number of nitrogens with zero attached hydrogens (tertiary/aromatic N) is 6. The highest BCUT2D eigenvalue weighted by Crippen LogP contribution is 2.36. The van der Waals surface area contributed by atoms with Crippen molar-refractivity contribution in [2.75, 3.05) is 132 Å². The lowest BCUT2D eigenvalue weighted by atomic mass is 10.0. The number of hydrogen-bond donors (Lipinski definition) is 9. The van der Waals surface area contributed by atoms with Crippen molar-refractivity contribution in [1.29, 1.82) is 0 Å². The summed E-state index contributed by atoms with van der Waals surface area (Å²) in [6.45, 7) is 27.7. The number of halogens is 15. The first kappa shape index (κ1) is 122. The molecule has 5 aliphatic rings. The highest BCUT2D eigenvalue weighted by molar-refractivity contribution is 6.06. The van der Waals surface area contributed by atoms with E-state index in [4.69, 9.17) is 46.4 Å². The summed E-state index contributed by atoms with van der Waals surface area (Å²) in [6.07, 6.45) is -21.6. The Morgan fingerprint density at radius 3 is 1.15 bits per heavy atom. The van der Waals surface area contributed by atoms with Crippen LogP contribution in [0, 0.1) is 5.92 Å². The predicted octanol–water partition coefficient (Wildman–Crippen LogP) is 23.1. The minimum absolute atomic E-state index is 0.0365. The fraction of sp³-hybridized carbons (Fsp3) is 0.440. The van der Waals surface area contributed by atoms with E-state index in [1.807, 2.05) is 178 Å². The van der Waals surface area contributed by atoms with Gasteiger partial charge in [-0.2, -0.15) is 65.9 Å². The molecule has 14 rings (SSSR count). The number of aliphatic hydroxyl groups is 1. The largest absolute Gasteiger partial charge is 0.478 e. The minimum Gasteiger partial charge on any atom is -0.478 e. The minimum atomic E-state index is -4.66. The number of nitrogen functional groups attached to an aromatic ring is 2. The molecule has 0 radical (unpaired) electrons. The Kier molecular flexibility index (Phi) is 44.2. The van der Waals surface area contributed by atoms with Gasteiger partial charge >= 0.3 is 60.9 Å². The second-order valence-electron chi connectivity index (χ2n) is 40.1. The molecule has 9 aromatic rings. The van der Waals surface area contributed by atoms with Gasteiger partial charge in [-0.25, -0.2) is 24.0 Å². The number of aromatic carboxylic acids is 1. The van der Waals surface area contributed by atoms with Crippen molar-refractivity contribution in [2.45, 2.75) is 219 Å². The number of aliphatic imine (C=N–C) groups is 1. The van der Waals surface area contributed by atoms with E-state index in [0.29, 0.717) is 110 Å². The molecule has 5 fully saturated rings. The van der Waals surface area contributed by atoms with E-state index in [0.717, 1.165) is 83.2 Å². The molecule has 12 N–H and O–H groups in total. The quantitative estimate of drug-likeness (QED) is 0.00717. The monoisotopic (exact) mass is 2120 g/mol. The lowest BCUT2D eigenvalue weighted by Crippen LogP contribution is -2.38. The van der Waals surface area contributed by atoms with Crippen molar-refractivity contribution in [3.63, 3.8) is 0 Å². The van der Waals surface area contributed by atoms with E-state index in [2.05, 4.69) is 40.8 Å². The third kappa shape index (κ3) is 44.4. The number of amides is 2. The number of carboxylic acids is 1. The molecule has 5 saturated heterocycles. The molecule has 9 aromatic carbocycles. The number of nitrogens with two attached hydrogens (primary N) is 3. The molecule has 0 spiro atoms. The van der Waals surface area contributed by atoms with Gasteiger partial charge in [0.25, 0.3) is 12.2 Å². The summed E-state index contributed by atoms with van der Waals surface area (Å²) in [7, 11) is 0. The van der Waals surface area contributed by atoms with Crippen molar-refractivity contribution >= 4 is 93.3 Å².